The van der Waals surface area contributed by atoms with Gasteiger partial charge in [0.1, 0.15) is 0 Å². The van der Waals surface area contributed by atoms with Gasteiger partial charge in [-0.2, -0.15) is 13.2 Å². The summed E-state index contributed by atoms with van der Waals surface area (Å²) in [6.07, 6.45) is -2.93. The lowest BCUT2D eigenvalue weighted by molar-refractivity contribution is -0.105. The van der Waals surface area contributed by atoms with Crippen LogP contribution in [0.1, 0.15) is 10.4 Å². The number of carbonyl (C=O) groups is 1. The van der Waals surface area contributed by atoms with E-state index < -0.39 is 27.9 Å². The molecule has 0 heterocycles. The van der Waals surface area contributed by atoms with Gasteiger partial charge in [0.25, 0.3) is 5.91 Å². The van der Waals surface area contributed by atoms with E-state index in [1.54, 1.807) is 12.1 Å². The fourth-order valence-corrected chi connectivity index (χ4v) is 3.85. The zero-order valence-electron chi connectivity index (χ0n) is 14.5. The fraction of sp³-hybridized carbons (Fsp3) is 0.167. The van der Waals surface area contributed by atoms with Crippen molar-refractivity contribution >= 4 is 33.4 Å². The van der Waals surface area contributed by atoms with Gasteiger partial charge in [-0.1, -0.05) is 18.2 Å². The molecule has 0 fully saturated rings. The average Bonchev–Trinajstić information content (AvgIpc) is 2.65. The molecule has 0 aliphatic carbocycles. The van der Waals surface area contributed by atoms with Crippen molar-refractivity contribution in [2.45, 2.75) is 16.0 Å². The number of rotatable bonds is 8. The molecule has 150 valence electrons. The Morgan fingerprint density at radius 2 is 1.75 bits per heavy atom. The van der Waals surface area contributed by atoms with Gasteiger partial charge in [-0.3, -0.25) is 4.79 Å². The van der Waals surface area contributed by atoms with Crippen LogP contribution in [-0.2, 0) is 10.0 Å². The molecule has 0 radical (unpaired) electrons. The van der Waals surface area contributed by atoms with E-state index in [-0.39, 0.29) is 27.6 Å². The van der Waals surface area contributed by atoms with Crippen LogP contribution >= 0.6 is 11.8 Å². The average molecular weight is 430 g/mol. The van der Waals surface area contributed by atoms with E-state index in [0.717, 1.165) is 0 Å². The monoisotopic (exact) mass is 430 g/mol. The van der Waals surface area contributed by atoms with Crippen molar-refractivity contribution in [2.75, 3.05) is 17.6 Å². The summed E-state index contributed by atoms with van der Waals surface area (Å²) in [6.45, 7) is 3.49. The minimum Gasteiger partial charge on any atom is -0.321 e. The quantitative estimate of drug-likeness (QED) is 0.489. The van der Waals surface area contributed by atoms with Gasteiger partial charge >= 0.3 is 6.18 Å². The number of hydrogen-bond acceptors (Lipinski definition) is 4. The molecule has 1 amide bonds. The summed E-state index contributed by atoms with van der Waals surface area (Å²) in [5.74, 6) is -1.65. The van der Waals surface area contributed by atoms with Crippen molar-refractivity contribution in [1.82, 2.24) is 4.72 Å². The predicted octanol–water partition coefficient (Wildman–Crippen LogP) is 4.06. The molecule has 5 nitrogen and oxygen atoms in total. The van der Waals surface area contributed by atoms with Crippen molar-refractivity contribution < 1.29 is 26.4 Å². The van der Waals surface area contributed by atoms with Crippen LogP contribution in [-0.4, -0.2) is 32.8 Å². The molecule has 2 aromatic carbocycles. The minimum atomic E-state index is -4.33. The molecule has 0 saturated heterocycles. The summed E-state index contributed by atoms with van der Waals surface area (Å²) >= 11 is 0.569. The molecule has 2 N–H and O–H groups in total. The molecule has 0 aliphatic heterocycles. The van der Waals surface area contributed by atoms with E-state index in [1.807, 2.05) is 0 Å². The molecule has 0 bridgehead atoms. The Labute approximate surface area is 165 Å². The summed E-state index contributed by atoms with van der Waals surface area (Å²) in [4.78, 5) is 12.6. The standard InChI is InChI=1S/C18H17F3N2O3S2/c1-2-11-22-28(25,26)14-9-7-13(8-10-14)17(24)23-15-5-3-4-6-16(15)27-12-18(19,20)21/h2-10,22H,1,11-12H2,(H,23,24). The number of para-hydroxylation sites is 1. The largest absolute Gasteiger partial charge is 0.398 e. The fourth-order valence-electron chi connectivity index (χ4n) is 2.09. The number of halogens is 3. The molecule has 28 heavy (non-hydrogen) atoms. The third kappa shape index (κ3) is 6.39. The first-order valence-electron chi connectivity index (χ1n) is 7.93. The normalized spacial score (nSPS) is 11.8. The molecule has 0 saturated carbocycles. The molecular formula is C18H17F3N2O3S2. The number of alkyl halides is 3. The summed E-state index contributed by atoms with van der Waals surface area (Å²) in [7, 11) is -3.71. The molecule has 2 rings (SSSR count). The van der Waals surface area contributed by atoms with Crippen molar-refractivity contribution in [1.29, 1.82) is 0 Å². The molecule has 0 spiro atoms. The van der Waals surface area contributed by atoms with Gasteiger partial charge in [-0.15, -0.1) is 18.3 Å². The van der Waals surface area contributed by atoms with Gasteiger partial charge in [-0.05, 0) is 36.4 Å². The first kappa shape index (κ1) is 22.0. The summed E-state index contributed by atoms with van der Waals surface area (Å²) in [5, 5.41) is 2.55. The lowest BCUT2D eigenvalue weighted by Gasteiger charge is -2.12. The zero-order valence-corrected chi connectivity index (χ0v) is 16.1. The number of anilines is 1. The number of sulfonamides is 1. The second-order valence-corrected chi connectivity index (χ2v) is 8.30. The first-order valence-corrected chi connectivity index (χ1v) is 10.4. The van der Waals surface area contributed by atoms with Crippen LogP contribution in [0.15, 0.2) is 71.0 Å². The Balaban J connectivity index is 2.13. The highest BCUT2D eigenvalue weighted by Crippen LogP contribution is 2.32. The van der Waals surface area contributed by atoms with Crippen LogP contribution in [0.5, 0.6) is 0 Å². The van der Waals surface area contributed by atoms with Crippen molar-refractivity contribution in [3.63, 3.8) is 0 Å². The van der Waals surface area contributed by atoms with Crippen LogP contribution in [0.4, 0.5) is 18.9 Å². The Morgan fingerprint density at radius 1 is 1.11 bits per heavy atom. The van der Waals surface area contributed by atoms with Crippen LogP contribution < -0.4 is 10.0 Å². The Bertz CT molecular complexity index is 943. The third-order valence-electron chi connectivity index (χ3n) is 3.37. The molecule has 0 atom stereocenters. The number of hydrogen-bond donors (Lipinski definition) is 2. The summed E-state index contributed by atoms with van der Waals surface area (Å²) < 4.78 is 63.7. The highest BCUT2D eigenvalue weighted by atomic mass is 32.2. The highest BCUT2D eigenvalue weighted by molar-refractivity contribution is 7.99. The lowest BCUT2D eigenvalue weighted by Crippen LogP contribution is -2.23. The molecule has 2 aromatic rings. The SMILES string of the molecule is C=CCNS(=O)(=O)c1ccc(C(=O)Nc2ccccc2SCC(F)(F)F)cc1. The van der Waals surface area contributed by atoms with E-state index in [2.05, 4.69) is 16.6 Å². The van der Waals surface area contributed by atoms with Gasteiger partial charge < -0.3 is 5.32 Å². The van der Waals surface area contributed by atoms with Crippen LogP contribution in [0, 0.1) is 0 Å². The second-order valence-electron chi connectivity index (χ2n) is 5.52. The molecule has 0 aliphatic rings. The van der Waals surface area contributed by atoms with E-state index in [9.17, 15) is 26.4 Å². The number of benzene rings is 2. The predicted molar refractivity (Wildman–Crippen MR) is 103 cm³/mol. The minimum absolute atomic E-state index is 0.0213. The van der Waals surface area contributed by atoms with E-state index in [4.69, 9.17) is 0 Å². The van der Waals surface area contributed by atoms with E-state index in [1.165, 1.54) is 42.5 Å². The maximum absolute atomic E-state index is 12.4. The van der Waals surface area contributed by atoms with Gasteiger partial charge in [-0.25, -0.2) is 13.1 Å². The second kappa shape index (κ2) is 9.26. The van der Waals surface area contributed by atoms with Crippen molar-refractivity contribution in [3.8, 4) is 0 Å². The Hall–Kier alpha value is -2.30. The Morgan fingerprint density at radius 3 is 2.36 bits per heavy atom. The molecular weight excluding hydrogens is 413 g/mol. The third-order valence-corrected chi connectivity index (χ3v) is 5.95. The van der Waals surface area contributed by atoms with Crippen molar-refractivity contribution in [3.05, 3.63) is 66.7 Å². The topological polar surface area (TPSA) is 75.3 Å². The van der Waals surface area contributed by atoms with Gasteiger partial charge in [0.15, 0.2) is 0 Å². The highest BCUT2D eigenvalue weighted by Gasteiger charge is 2.27. The van der Waals surface area contributed by atoms with Crippen molar-refractivity contribution in [2.24, 2.45) is 0 Å². The van der Waals surface area contributed by atoms with Gasteiger partial charge in [0.2, 0.25) is 10.0 Å². The maximum Gasteiger partial charge on any atom is 0.398 e. The number of nitrogens with one attached hydrogen (secondary N) is 2. The Kier molecular flexibility index (Phi) is 7.28. The van der Waals surface area contributed by atoms with Crippen LogP contribution in [0.25, 0.3) is 0 Å². The molecule has 0 aromatic heterocycles. The number of amides is 1. The number of carbonyl (C=O) groups excluding carboxylic acids is 1. The molecule has 10 heteroatoms. The van der Waals surface area contributed by atoms with Crippen LogP contribution in [0.2, 0.25) is 0 Å². The smallest absolute Gasteiger partial charge is 0.321 e. The van der Waals surface area contributed by atoms with E-state index in [0.29, 0.717) is 11.8 Å². The maximum atomic E-state index is 12.4. The van der Waals surface area contributed by atoms with Crippen LogP contribution in [0.3, 0.4) is 0 Å². The molecule has 0 unspecified atom stereocenters. The van der Waals surface area contributed by atoms with Gasteiger partial charge in [0, 0.05) is 17.0 Å². The van der Waals surface area contributed by atoms with Gasteiger partial charge in [0.05, 0.1) is 16.3 Å². The van der Waals surface area contributed by atoms with E-state index >= 15 is 0 Å². The summed E-state index contributed by atoms with van der Waals surface area (Å²) in [5.41, 5.74) is 0.407. The first-order chi connectivity index (χ1) is 13.1. The lowest BCUT2D eigenvalue weighted by atomic mass is 10.2. The zero-order chi connectivity index (χ0) is 20.8. The summed E-state index contributed by atoms with van der Waals surface area (Å²) in [6, 6.07) is 11.3. The number of thioether (sulfide) groups is 1.